The van der Waals surface area contributed by atoms with Crippen LogP contribution in [0.4, 0.5) is 0 Å². The number of hydrogen-bond donors (Lipinski definition) is 0. The quantitative estimate of drug-likeness (QED) is 0.651. The molecule has 0 atom stereocenters. The summed E-state index contributed by atoms with van der Waals surface area (Å²) in [5.41, 5.74) is 0. The maximum atomic E-state index is 4.28. The largest absolute Gasteiger partial charge is 0.265 e. The predicted molar refractivity (Wildman–Crippen MR) is 49.1 cm³/mol. The minimum absolute atomic E-state index is 0.361. The number of hydrogen-bond acceptors (Lipinski definition) is 1. The molecule has 0 aliphatic heterocycles. The maximum Gasteiger partial charge on any atom is 0.104 e. The van der Waals surface area contributed by atoms with E-state index < -0.39 is 0 Å². The van der Waals surface area contributed by atoms with Crippen LogP contribution in [0.5, 0.6) is 0 Å². The molecule has 0 saturated heterocycles. The molecule has 0 amide bonds. The summed E-state index contributed by atoms with van der Waals surface area (Å²) >= 11 is 3.34. The van der Waals surface area contributed by atoms with Crippen molar-refractivity contribution in [1.29, 1.82) is 0 Å². The van der Waals surface area contributed by atoms with Crippen LogP contribution in [-0.4, -0.2) is 13.8 Å². The molecule has 1 aromatic rings. The van der Waals surface area contributed by atoms with E-state index in [1.807, 2.05) is 12.3 Å². The molecule has 1 radical (unpaired) electrons. The van der Waals surface area contributed by atoms with Gasteiger partial charge in [0.1, 0.15) is 8.80 Å². The zero-order valence-corrected chi connectivity index (χ0v) is 8.64. The normalized spacial score (nSPS) is 10.4. The third kappa shape index (κ3) is 1.92. The Bertz CT molecular complexity index is 207. The lowest BCUT2D eigenvalue weighted by Gasteiger charge is -1.99. The topological polar surface area (TPSA) is 12.9 Å². The van der Waals surface area contributed by atoms with E-state index in [-0.39, 0.29) is 8.80 Å². The van der Waals surface area contributed by atoms with Crippen molar-refractivity contribution in [2.45, 2.75) is 13.1 Å². The highest BCUT2D eigenvalue weighted by Gasteiger charge is 2.00. The van der Waals surface area contributed by atoms with Crippen molar-refractivity contribution in [3.8, 4) is 0 Å². The van der Waals surface area contributed by atoms with E-state index in [1.165, 1.54) is 5.32 Å². The Morgan fingerprint density at radius 1 is 1.40 bits per heavy atom. The first-order valence-corrected chi connectivity index (χ1v) is 6.41. The van der Waals surface area contributed by atoms with Crippen LogP contribution in [-0.2, 0) is 0 Å². The molecule has 53 valence electrons. The van der Waals surface area contributed by atoms with Gasteiger partial charge in [0, 0.05) is 16.0 Å². The summed E-state index contributed by atoms with van der Waals surface area (Å²) in [7, 11) is -0.361. The Kier molecular flexibility index (Phi) is 2.62. The Labute approximate surface area is 71.2 Å². The minimum Gasteiger partial charge on any atom is -0.265 e. The Balaban J connectivity index is 2.89. The fraction of sp³-hybridized carbons (Fsp3) is 0.286. The van der Waals surface area contributed by atoms with Gasteiger partial charge in [0.25, 0.3) is 0 Å². The van der Waals surface area contributed by atoms with Gasteiger partial charge in [0.15, 0.2) is 0 Å². The fourth-order valence-corrected chi connectivity index (χ4v) is 1.65. The van der Waals surface area contributed by atoms with Crippen molar-refractivity contribution in [2.75, 3.05) is 0 Å². The lowest BCUT2D eigenvalue weighted by Crippen LogP contribution is -2.25. The lowest BCUT2D eigenvalue weighted by atomic mass is 10.5. The molecular formula is C7H9BrNSi. The average Bonchev–Trinajstić information content (AvgIpc) is 1.88. The van der Waals surface area contributed by atoms with Crippen molar-refractivity contribution >= 4 is 30.0 Å². The van der Waals surface area contributed by atoms with E-state index in [9.17, 15) is 0 Å². The molecular weight excluding hydrogens is 206 g/mol. The lowest BCUT2D eigenvalue weighted by molar-refractivity contribution is 1.35. The van der Waals surface area contributed by atoms with Crippen molar-refractivity contribution in [1.82, 2.24) is 4.98 Å². The highest BCUT2D eigenvalue weighted by molar-refractivity contribution is 9.10. The van der Waals surface area contributed by atoms with E-state index >= 15 is 0 Å². The third-order valence-electron chi connectivity index (χ3n) is 1.24. The molecule has 0 aliphatic rings. The Morgan fingerprint density at radius 3 is 2.50 bits per heavy atom. The monoisotopic (exact) mass is 214 g/mol. The van der Waals surface area contributed by atoms with Crippen molar-refractivity contribution in [2.24, 2.45) is 0 Å². The van der Waals surface area contributed by atoms with Crippen LogP contribution < -0.4 is 5.32 Å². The van der Waals surface area contributed by atoms with Gasteiger partial charge < -0.3 is 0 Å². The van der Waals surface area contributed by atoms with Crippen molar-refractivity contribution in [3.63, 3.8) is 0 Å². The summed E-state index contributed by atoms with van der Waals surface area (Å²) in [5.74, 6) is 0. The molecule has 10 heavy (non-hydrogen) atoms. The summed E-state index contributed by atoms with van der Waals surface area (Å²) in [5, 5.41) is 1.24. The summed E-state index contributed by atoms with van der Waals surface area (Å²) in [6, 6.07) is 4.12. The number of aromatic nitrogens is 1. The molecule has 0 fully saturated rings. The zero-order valence-electron chi connectivity index (χ0n) is 6.06. The van der Waals surface area contributed by atoms with Crippen LogP contribution in [0.1, 0.15) is 0 Å². The molecule has 1 heterocycles. The van der Waals surface area contributed by atoms with E-state index in [0.29, 0.717) is 0 Å². The molecule has 1 nitrogen and oxygen atoms in total. The van der Waals surface area contributed by atoms with Gasteiger partial charge in [-0.2, -0.15) is 0 Å². The Hall–Kier alpha value is -0.153. The third-order valence-corrected chi connectivity index (χ3v) is 3.03. The second-order valence-electron chi connectivity index (χ2n) is 2.36. The summed E-state index contributed by atoms with van der Waals surface area (Å²) < 4.78 is 1.06. The van der Waals surface area contributed by atoms with Gasteiger partial charge in [-0.05, 0) is 28.1 Å². The summed E-state index contributed by atoms with van der Waals surface area (Å²) in [4.78, 5) is 4.28. The molecule has 0 bridgehead atoms. The van der Waals surface area contributed by atoms with Gasteiger partial charge in [0.05, 0.1) is 0 Å². The SMILES string of the molecule is C[Si](C)c1ccc(Br)cn1. The second-order valence-corrected chi connectivity index (χ2v) is 5.79. The van der Waals surface area contributed by atoms with E-state index in [4.69, 9.17) is 0 Å². The van der Waals surface area contributed by atoms with Crippen LogP contribution in [0, 0.1) is 0 Å². The molecule has 0 saturated carbocycles. The van der Waals surface area contributed by atoms with Crippen LogP contribution in [0.2, 0.25) is 13.1 Å². The molecule has 1 aromatic heterocycles. The number of halogens is 1. The van der Waals surface area contributed by atoms with Gasteiger partial charge in [-0.15, -0.1) is 0 Å². The molecule has 0 aromatic carbocycles. The first kappa shape index (κ1) is 7.95. The predicted octanol–water partition coefficient (Wildman–Crippen LogP) is 1.81. The number of pyridine rings is 1. The molecule has 3 heteroatoms. The second kappa shape index (κ2) is 3.30. The number of rotatable bonds is 1. The van der Waals surface area contributed by atoms with Gasteiger partial charge in [-0.3, -0.25) is 4.98 Å². The summed E-state index contributed by atoms with van der Waals surface area (Å²) in [6.45, 7) is 4.47. The van der Waals surface area contributed by atoms with E-state index in [1.54, 1.807) is 0 Å². The Morgan fingerprint density at radius 2 is 2.10 bits per heavy atom. The smallest absolute Gasteiger partial charge is 0.104 e. The minimum atomic E-state index is -0.361. The molecule has 0 unspecified atom stereocenters. The van der Waals surface area contributed by atoms with Gasteiger partial charge in [0.2, 0.25) is 0 Å². The highest BCUT2D eigenvalue weighted by atomic mass is 79.9. The van der Waals surface area contributed by atoms with Gasteiger partial charge >= 0.3 is 0 Å². The van der Waals surface area contributed by atoms with Gasteiger partial charge in [-0.25, -0.2) is 0 Å². The van der Waals surface area contributed by atoms with E-state index in [0.717, 1.165) is 4.47 Å². The number of nitrogens with zero attached hydrogens (tertiary/aromatic N) is 1. The molecule has 0 aliphatic carbocycles. The highest BCUT2D eigenvalue weighted by Crippen LogP contribution is 2.03. The van der Waals surface area contributed by atoms with E-state index in [2.05, 4.69) is 40.1 Å². The fourth-order valence-electron chi connectivity index (χ4n) is 0.672. The van der Waals surface area contributed by atoms with Crippen molar-refractivity contribution < 1.29 is 0 Å². The van der Waals surface area contributed by atoms with Crippen LogP contribution in [0.25, 0.3) is 0 Å². The van der Waals surface area contributed by atoms with Crippen LogP contribution in [0.3, 0.4) is 0 Å². The van der Waals surface area contributed by atoms with Crippen molar-refractivity contribution in [3.05, 3.63) is 22.8 Å². The zero-order chi connectivity index (χ0) is 7.56. The standard InChI is InChI=1S/C7H9BrNSi/c1-10(2)7-4-3-6(8)5-9-7/h3-5H,1-2H3. The maximum absolute atomic E-state index is 4.28. The molecule has 1 rings (SSSR count). The summed E-state index contributed by atoms with van der Waals surface area (Å²) in [6.07, 6.45) is 1.85. The van der Waals surface area contributed by atoms with Gasteiger partial charge in [-0.1, -0.05) is 13.1 Å². The first-order valence-electron chi connectivity index (χ1n) is 3.12. The average molecular weight is 215 g/mol. The van der Waals surface area contributed by atoms with Crippen LogP contribution in [0.15, 0.2) is 22.8 Å². The first-order chi connectivity index (χ1) is 4.70. The van der Waals surface area contributed by atoms with Crippen LogP contribution >= 0.6 is 15.9 Å². The molecule has 0 spiro atoms. The molecule has 0 N–H and O–H groups in total.